The SMILES string of the molecule is Cn1c(=O)c2nc(/C=N/O)cnc2n(C)c1=O. The minimum Gasteiger partial charge on any atom is -0.411 e. The molecule has 0 spiro atoms. The summed E-state index contributed by atoms with van der Waals surface area (Å²) in [7, 11) is 2.86. The van der Waals surface area contributed by atoms with E-state index >= 15 is 0 Å². The Labute approximate surface area is 94.5 Å². The van der Waals surface area contributed by atoms with Crippen molar-refractivity contribution < 1.29 is 5.21 Å². The molecule has 0 radical (unpaired) electrons. The molecular weight excluding hydrogens is 226 g/mol. The van der Waals surface area contributed by atoms with Crippen LogP contribution in [0.15, 0.2) is 20.9 Å². The molecule has 2 aromatic rings. The van der Waals surface area contributed by atoms with Gasteiger partial charge < -0.3 is 5.21 Å². The average Bonchev–Trinajstić information content (AvgIpc) is 2.34. The topological polar surface area (TPSA) is 102 Å². The first-order valence-electron chi connectivity index (χ1n) is 4.66. The van der Waals surface area contributed by atoms with E-state index in [-0.39, 0.29) is 16.9 Å². The normalized spacial score (nSPS) is 11.4. The van der Waals surface area contributed by atoms with Gasteiger partial charge >= 0.3 is 5.69 Å². The smallest absolute Gasteiger partial charge is 0.332 e. The molecule has 0 aliphatic heterocycles. The van der Waals surface area contributed by atoms with Crippen LogP contribution in [-0.2, 0) is 14.1 Å². The molecule has 17 heavy (non-hydrogen) atoms. The highest BCUT2D eigenvalue weighted by Crippen LogP contribution is 2.00. The standard InChI is InChI=1S/C9H9N5O3/c1-13-7-6(8(15)14(2)9(13)16)12-5(3-10-7)4-11-17/h3-4,17H,1-2H3/b11-4+. The van der Waals surface area contributed by atoms with Crippen LogP contribution in [0.4, 0.5) is 0 Å². The van der Waals surface area contributed by atoms with Crippen molar-refractivity contribution in [1.82, 2.24) is 19.1 Å². The number of fused-ring (bicyclic) bond motifs is 1. The molecule has 8 heteroatoms. The van der Waals surface area contributed by atoms with E-state index in [0.29, 0.717) is 0 Å². The number of rotatable bonds is 1. The first-order chi connectivity index (χ1) is 8.06. The molecule has 0 saturated carbocycles. The molecule has 0 aromatic carbocycles. The van der Waals surface area contributed by atoms with Crippen molar-refractivity contribution >= 4 is 17.4 Å². The Balaban J connectivity index is 2.97. The van der Waals surface area contributed by atoms with Crippen LogP contribution >= 0.6 is 0 Å². The lowest BCUT2D eigenvalue weighted by molar-refractivity contribution is 0.321. The molecule has 2 rings (SSSR count). The highest BCUT2D eigenvalue weighted by atomic mass is 16.4. The first kappa shape index (κ1) is 11.0. The number of hydrogen-bond acceptors (Lipinski definition) is 6. The van der Waals surface area contributed by atoms with Crippen LogP contribution < -0.4 is 11.2 Å². The zero-order chi connectivity index (χ0) is 12.6. The second-order valence-corrected chi connectivity index (χ2v) is 3.42. The fraction of sp³-hybridized carbons (Fsp3) is 0.222. The highest BCUT2D eigenvalue weighted by molar-refractivity contribution is 5.80. The van der Waals surface area contributed by atoms with Crippen molar-refractivity contribution in [3.63, 3.8) is 0 Å². The van der Waals surface area contributed by atoms with Gasteiger partial charge in [0.05, 0.1) is 12.4 Å². The van der Waals surface area contributed by atoms with Gasteiger partial charge in [-0.05, 0) is 0 Å². The minimum absolute atomic E-state index is 0.0481. The lowest BCUT2D eigenvalue weighted by Gasteiger charge is -2.05. The van der Waals surface area contributed by atoms with Gasteiger partial charge in [0.1, 0.15) is 5.69 Å². The van der Waals surface area contributed by atoms with Crippen LogP contribution in [0.2, 0.25) is 0 Å². The maximum atomic E-state index is 11.8. The van der Waals surface area contributed by atoms with E-state index in [2.05, 4.69) is 15.1 Å². The van der Waals surface area contributed by atoms with E-state index in [1.807, 2.05) is 0 Å². The van der Waals surface area contributed by atoms with Crippen LogP contribution in [0.1, 0.15) is 5.69 Å². The second-order valence-electron chi connectivity index (χ2n) is 3.42. The van der Waals surface area contributed by atoms with Crippen LogP contribution in [0.3, 0.4) is 0 Å². The molecule has 2 heterocycles. The third kappa shape index (κ3) is 1.59. The summed E-state index contributed by atoms with van der Waals surface area (Å²) in [6.45, 7) is 0. The van der Waals surface area contributed by atoms with Crippen molar-refractivity contribution in [3.05, 3.63) is 32.7 Å². The van der Waals surface area contributed by atoms with Gasteiger partial charge in [-0.25, -0.2) is 14.8 Å². The first-order valence-corrected chi connectivity index (χ1v) is 4.66. The summed E-state index contributed by atoms with van der Waals surface area (Å²) in [6.07, 6.45) is 2.36. The Bertz CT molecular complexity index is 728. The molecule has 0 bridgehead atoms. The Kier molecular flexibility index (Phi) is 2.47. The van der Waals surface area contributed by atoms with Gasteiger partial charge in [-0.15, -0.1) is 0 Å². The quantitative estimate of drug-likeness (QED) is 0.381. The fourth-order valence-electron chi connectivity index (χ4n) is 1.47. The van der Waals surface area contributed by atoms with Gasteiger partial charge in [0, 0.05) is 14.1 Å². The maximum Gasteiger partial charge on any atom is 0.332 e. The monoisotopic (exact) mass is 235 g/mol. The van der Waals surface area contributed by atoms with Crippen LogP contribution in [0.5, 0.6) is 0 Å². The Morgan fingerprint density at radius 1 is 1.35 bits per heavy atom. The molecule has 0 aliphatic rings. The summed E-state index contributed by atoms with van der Waals surface area (Å²) in [5.41, 5.74) is -0.542. The predicted octanol–water partition coefficient (Wildman–Crippen LogP) is -1.16. The van der Waals surface area contributed by atoms with Gasteiger partial charge in [-0.2, -0.15) is 0 Å². The summed E-state index contributed by atoms with van der Waals surface area (Å²) < 4.78 is 2.17. The molecule has 1 N–H and O–H groups in total. The zero-order valence-corrected chi connectivity index (χ0v) is 9.15. The molecule has 88 valence electrons. The van der Waals surface area contributed by atoms with Crippen molar-refractivity contribution in [2.75, 3.05) is 0 Å². The molecule has 0 amide bonds. The Morgan fingerprint density at radius 3 is 2.71 bits per heavy atom. The largest absolute Gasteiger partial charge is 0.411 e. The second kappa shape index (κ2) is 3.81. The van der Waals surface area contributed by atoms with E-state index < -0.39 is 11.2 Å². The third-order valence-corrected chi connectivity index (χ3v) is 2.36. The van der Waals surface area contributed by atoms with E-state index in [1.165, 1.54) is 24.9 Å². The van der Waals surface area contributed by atoms with Crippen molar-refractivity contribution in [2.24, 2.45) is 19.3 Å². The number of hydrogen-bond donors (Lipinski definition) is 1. The van der Waals surface area contributed by atoms with Gasteiger partial charge in [-0.1, -0.05) is 5.16 Å². The molecule has 0 unspecified atom stereocenters. The van der Waals surface area contributed by atoms with Crippen LogP contribution in [0.25, 0.3) is 11.2 Å². The number of oxime groups is 1. The summed E-state index contributed by atoms with van der Waals surface area (Å²) in [6, 6.07) is 0. The number of aryl methyl sites for hydroxylation is 1. The van der Waals surface area contributed by atoms with Crippen molar-refractivity contribution in [2.45, 2.75) is 0 Å². The molecule has 0 aliphatic carbocycles. The van der Waals surface area contributed by atoms with Gasteiger partial charge in [0.2, 0.25) is 0 Å². The fourth-order valence-corrected chi connectivity index (χ4v) is 1.47. The summed E-state index contributed by atoms with van der Waals surface area (Å²) in [4.78, 5) is 31.3. The molecule has 8 nitrogen and oxygen atoms in total. The summed E-state index contributed by atoms with van der Waals surface area (Å²) >= 11 is 0. The zero-order valence-electron chi connectivity index (χ0n) is 9.15. The third-order valence-electron chi connectivity index (χ3n) is 2.36. The van der Waals surface area contributed by atoms with E-state index in [9.17, 15) is 9.59 Å². The molecule has 0 saturated heterocycles. The Hall–Kier alpha value is -2.51. The van der Waals surface area contributed by atoms with Gasteiger partial charge in [0.25, 0.3) is 5.56 Å². The lowest BCUT2D eigenvalue weighted by atomic mass is 10.4. The molecular formula is C9H9N5O3. The van der Waals surface area contributed by atoms with E-state index in [4.69, 9.17) is 5.21 Å². The van der Waals surface area contributed by atoms with Gasteiger partial charge in [-0.3, -0.25) is 13.9 Å². The van der Waals surface area contributed by atoms with Crippen LogP contribution in [0, 0.1) is 0 Å². The van der Waals surface area contributed by atoms with E-state index in [0.717, 1.165) is 10.8 Å². The molecule has 0 atom stereocenters. The lowest BCUT2D eigenvalue weighted by Crippen LogP contribution is -2.37. The van der Waals surface area contributed by atoms with Crippen molar-refractivity contribution in [1.29, 1.82) is 0 Å². The van der Waals surface area contributed by atoms with Crippen molar-refractivity contribution in [3.8, 4) is 0 Å². The summed E-state index contributed by atoms with van der Waals surface area (Å²) in [5, 5.41) is 11.2. The maximum absolute atomic E-state index is 11.8. The summed E-state index contributed by atoms with van der Waals surface area (Å²) in [5.74, 6) is 0. The molecule has 0 fully saturated rings. The highest BCUT2D eigenvalue weighted by Gasteiger charge is 2.10. The minimum atomic E-state index is -0.538. The predicted molar refractivity (Wildman–Crippen MR) is 59.4 cm³/mol. The van der Waals surface area contributed by atoms with E-state index in [1.54, 1.807) is 0 Å². The number of aromatic nitrogens is 4. The Morgan fingerprint density at radius 2 is 2.06 bits per heavy atom. The van der Waals surface area contributed by atoms with Crippen LogP contribution in [-0.4, -0.2) is 30.5 Å². The average molecular weight is 235 g/mol. The van der Waals surface area contributed by atoms with Gasteiger partial charge in [0.15, 0.2) is 11.2 Å². The number of nitrogens with zero attached hydrogens (tertiary/aromatic N) is 5. The molecule has 2 aromatic heterocycles.